The molecule has 5 aromatic rings. The van der Waals surface area contributed by atoms with E-state index in [0.717, 1.165) is 10.9 Å². The molecule has 3 N–H and O–H groups in total. The molecule has 32 heavy (non-hydrogen) atoms. The lowest BCUT2D eigenvalue weighted by Crippen LogP contribution is -2.25. The highest BCUT2D eigenvalue weighted by atomic mass is 32.2. The van der Waals surface area contributed by atoms with Crippen molar-refractivity contribution in [2.75, 3.05) is 5.32 Å². The van der Waals surface area contributed by atoms with E-state index >= 15 is 0 Å². The number of H-pyrrole nitrogens is 2. The Kier molecular flexibility index (Phi) is 5.20. The predicted octanol–water partition coefficient (Wildman–Crippen LogP) is 3.49. The van der Waals surface area contributed by atoms with Gasteiger partial charge in [-0.15, -0.1) is 10.2 Å². The number of amides is 1. The molecule has 0 aliphatic rings. The second-order valence-corrected chi connectivity index (χ2v) is 8.32. The summed E-state index contributed by atoms with van der Waals surface area (Å²) in [6.45, 7) is 1.91. The van der Waals surface area contributed by atoms with Gasteiger partial charge in [-0.05, 0) is 24.6 Å². The van der Waals surface area contributed by atoms with Crippen molar-refractivity contribution in [2.24, 2.45) is 0 Å². The zero-order valence-electron chi connectivity index (χ0n) is 17.1. The monoisotopic (exact) mass is 445 g/mol. The van der Waals surface area contributed by atoms with Gasteiger partial charge >= 0.3 is 0 Å². The molecule has 9 nitrogen and oxygen atoms in total. The molecule has 5 rings (SSSR count). The highest BCUT2D eigenvalue weighted by Gasteiger charge is 2.21. The quantitative estimate of drug-likeness (QED) is 0.344. The Hall–Kier alpha value is -3.92. The number of thioether (sulfide) groups is 1. The van der Waals surface area contributed by atoms with Crippen molar-refractivity contribution in [3.63, 3.8) is 0 Å². The van der Waals surface area contributed by atoms with Gasteiger partial charge in [-0.3, -0.25) is 14.7 Å². The highest BCUT2D eigenvalue weighted by Crippen LogP contribution is 2.26. The fraction of sp³-hybridized carbons (Fsp3) is 0.136. The minimum atomic E-state index is -0.456. The molecule has 0 saturated carbocycles. The molecule has 0 saturated heterocycles. The summed E-state index contributed by atoms with van der Waals surface area (Å²) in [6.07, 6.45) is 0.550. The predicted molar refractivity (Wildman–Crippen MR) is 124 cm³/mol. The summed E-state index contributed by atoms with van der Waals surface area (Å²) >= 11 is 1.23. The first-order valence-corrected chi connectivity index (χ1v) is 11.0. The minimum Gasteiger partial charge on any atom is -0.338 e. The van der Waals surface area contributed by atoms with Gasteiger partial charge in [-0.25, -0.2) is 9.67 Å². The summed E-state index contributed by atoms with van der Waals surface area (Å²) in [4.78, 5) is 32.9. The van der Waals surface area contributed by atoms with Gasteiger partial charge in [0.1, 0.15) is 11.3 Å². The highest BCUT2D eigenvalue weighted by molar-refractivity contribution is 8.00. The van der Waals surface area contributed by atoms with Gasteiger partial charge in [0.05, 0.1) is 10.9 Å². The van der Waals surface area contributed by atoms with Crippen LogP contribution in [0.15, 0.2) is 70.6 Å². The van der Waals surface area contributed by atoms with Gasteiger partial charge in [0.15, 0.2) is 5.65 Å². The topological polar surface area (TPSA) is 121 Å². The summed E-state index contributed by atoms with van der Waals surface area (Å²) in [5.74, 6) is 0.0762. The Labute approximate surface area is 186 Å². The van der Waals surface area contributed by atoms with Crippen LogP contribution >= 0.6 is 11.8 Å². The first kappa shape index (κ1) is 20.0. The van der Waals surface area contributed by atoms with Crippen LogP contribution in [0.5, 0.6) is 0 Å². The van der Waals surface area contributed by atoms with Crippen LogP contribution in [0.3, 0.4) is 0 Å². The van der Waals surface area contributed by atoms with Gasteiger partial charge < -0.3 is 10.3 Å². The van der Waals surface area contributed by atoms with E-state index in [0.29, 0.717) is 34.2 Å². The molecule has 3 aromatic heterocycles. The second-order valence-electron chi connectivity index (χ2n) is 7.15. The number of carbonyl (C=O) groups is 1. The van der Waals surface area contributed by atoms with E-state index in [4.69, 9.17) is 0 Å². The lowest BCUT2D eigenvalue weighted by atomic mass is 10.2. The van der Waals surface area contributed by atoms with Gasteiger partial charge in [0.2, 0.25) is 11.1 Å². The molecule has 0 fully saturated rings. The number of aromatic nitrogens is 6. The Bertz CT molecular complexity index is 1470. The van der Waals surface area contributed by atoms with Gasteiger partial charge in [-0.2, -0.15) is 0 Å². The van der Waals surface area contributed by atoms with Crippen LogP contribution in [-0.2, 0) is 4.79 Å². The number of para-hydroxylation sites is 2. The van der Waals surface area contributed by atoms with Crippen molar-refractivity contribution >= 4 is 45.6 Å². The molecule has 1 atom stereocenters. The third kappa shape index (κ3) is 3.76. The third-order valence-corrected chi connectivity index (χ3v) is 6.22. The number of nitrogens with zero attached hydrogens (tertiary/aromatic N) is 4. The van der Waals surface area contributed by atoms with E-state index in [2.05, 4.69) is 30.6 Å². The summed E-state index contributed by atoms with van der Waals surface area (Å²) in [6, 6.07) is 18.3. The number of carbonyl (C=O) groups excluding carboxylic acids is 1. The molecule has 0 bridgehead atoms. The molecule has 160 valence electrons. The fourth-order valence-electron chi connectivity index (χ4n) is 3.45. The van der Waals surface area contributed by atoms with Gasteiger partial charge in [0.25, 0.3) is 5.56 Å². The van der Waals surface area contributed by atoms with Crippen molar-refractivity contribution in [3.8, 4) is 5.69 Å². The Balaban J connectivity index is 1.34. The van der Waals surface area contributed by atoms with Crippen LogP contribution in [0.25, 0.3) is 27.8 Å². The molecule has 0 spiro atoms. The number of hydrogen-bond acceptors (Lipinski definition) is 6. The summed E-state index contributed by atoms with van der Waals surface area (Å²) < 4.78 is 1.38. The number of hydrogen-bond donors (Lipinski definition) is 3. The summed E-state index contributed by atoms with van der Waals surface area (Å²) in [5, 5.41) is 15.1. The number of fused-ring (bicyclic) bond motifs is 3. The van der Waals surface area contributed by atoms with Crippen LogP contribution in [0.4, 0.5) is 5.82 Å². The molecule has 1 unspecified atom stereocenters. The van der Waals surface area contributed by atoms with Crippen molar-refractivity contribution in [2.45, 2.75) is 23.8 Å². The molecular formula is C22H19N7O2S. The van der Waals surface area contributed by atoms with E-state index in [1.807, 2.05) is 49.4 Å². The number of nitrogens with one attached hydrogen (secondary N) is 3. The molecule has 2 aromatic carbocycles. The maximum absolute atomic E-state index is 12.9. The van der Waals surface area contributed by atoms with Crippen LogP contribution in [-0.4, -0.2) is 41.1 Å². The SMILES string of the molecule is CCC(Sc1nnc2c(n1)[nH]c1ccccc12)C(=O)Nc1cc(=O)n(-c2ccccc2)[nH]1. The lowest BCUT2D eigenvalue weighted by Gasteiger charge is -2.12. The molecule has 0 aliphatic carbocycles. The van der Waals surface area contributed by atoms with Crippen LogP contribution in [0, 0.1) is 0 Å². The molecule has 10 heteroatoms. The molecule has 0 radical (unpaired) electrons. The smallest absolute Gasteiger partial charge is 0.273 e. The third-order valence-electron chi connectivity index (χ3n) is 5.01. The van der Waals surface area contributed by atoms with E-state index in [-0.39, 0.29) is 11.5 Å². The standard InChI is InChI=1S/C22H19N7O2S/c1-2-16(21(31)24-17-12-18(30)29(28-17)13-8-4-3-5-9-13)32-22-25-20-19(26-27-22)14-10-6-7-11-15(14)23-20/h3-12,16,28H,2H2,1H3,(H,24,31)(H,23,25,27). The average Bonchev–Trinajstić information content (AvgIpc) is 3.37. The Morgan fingerprint density at radius 2 is 1.91 bits per heavy atom. The normalized spacial score (nSPS) is 12.3. The van der Waals surface area contributed by atoms with Gasteiger partial charge in [0, 0.05) is 17.0 Å². The van der Waals surface area contributed by atoms with Crippen LogP contribution in [0.2, 0.25) is 0 Å². The first-order chi connectivity index (χ1) is 15.6. The van der Waals surface area contributed by atoms with Crippen molar-refractivity contribution < 1.29 is 4.79 Å². The van der Waals surface area contributed by atoms with Crippen molar-refractivity contribution in [1.82, 2.24) is 29.9 Å². The Morgan fingerprint density at radius 3 is 2.72 bits per heavy atom. The van der Waals surface area contributed by atoms with E-state index in [1.165, 1.54) is 22.5 Å². The zero-order chi connectivity index (χ0) is 22.1. The van der Waals surface area contributed by atoms with Crippen LogP contribution in [0.1, 0.15) is 13.3 Å². The van der Waals surface area contributed by atoms with E-state index in [1.54, 1.807) is 12.1 Å². The summed E-state index contributed by atoms with van der Waals surface area (Å²) in [7, 11) is 0. The molecule has 3 heterocycles. The minimum absolute atomic E-state index is 0.251. The largest absolute Gasteiger partial charge is 0.338 e. The number of rotatable bonds is 6. The lowest BCUT2D eigenvalue weighted by molar-refractivity contribution is -0.115. The molecule has 0 aliphatic heterocycles. The fourth-order valence-corrected chi connectivity index (χ4v) is 4.27. The van der Waals surface area contributed by atoms with Gasteiger partial charge in [-0.1, -0.05) is 55.1 Å². The number of anilines is 1. The van der Waals surface area contributed by atoms with Crippen molar-refractivity contribution in [3.05, 3.63) is 71.0 Å². The van der Waals surface area contributed by atoms with E-state index in [9.17, 15) is 9.59 Å². The average molecular weight is 446 g/mol. The van der Waals surface area contributed by atoms with E-state index < -0.39 is 5.25 Å². The van der Waals surface area contributed by atoms with Crippen LogP contribution < -0.4 is 10.9 Å². The summed E-state index contributed by atoms with van der Waals surface area (Å²) in [5.41, 5.74) is 2.68. The number of benzene rings is 2. The number of aromatic amines is 2. The zero-order valence-corrected chi connectivity index (χ0v) is 17.9. The molecule has 1 amide bonds. The van der Waals surface area contributed by atoms with Crippen molar-refractivity contribution in [1.29, 1.82) is 0 Å². The second kappa shape index (κ2) is 8.31. The maximum Gasteiger partial charge on any atom is 0.273 e. The molecular weight excluding hydrogens is 426 g/mol. The Morgan fingerprint density at radius 1 is 1.12 bits per heavy atom. The first-order valence-electron chi connectivity index (χ1n) is 10.1. The maximum atomic E-state index is 12.9.